The number of carbonyl (C=O) groups is 1. The van der Waals surface area contributed by atoms with Crippen LogP contribution in [0.3, 0.4) is 0 Å². The molecule has 19 heavy (non-hydrogen) atoms. The molecule has 102 valence electrons. The van der Waals surface area contributed by atoms with Crippen LogP contribution in [-0.4, -0.2) is 49.3 Å². The summed E-state index contributed by atoms with van der Waals surface area (Å²) in [7, 11) is 1.81. The molecule has 0 aliphatic carbocycles. The minimum atomic E-state index is -0.352. The maximum Gasteiger partial charge on any atom is 0.231 e. The van der Waals surface area contributed by atoms with Crippen LogP contribution in [0.5, 0.6) is 5.75 Å². The van der Waals surface area contributed by atoms with Gasteiger partial charge in [-0.05, 0) is 31.3 Å². The largest absolute Gasteiger partial charge is 0.492 e. The van der Waals surface area contributed by atoms with E-state index in [2.05, 4.69) is 11.8 Å². The Kier molecular flexibility index (Phi) is 6.44. The summed E-state index contributed by atoms with van der Waals surface area (Å²) >= 11 is 0. The quantitative estimate of drug-likeness (QED) is 0.698. The fourth-order valence-electron chi connectivity index (χ4n) is 1.44. The van der Waals surface area contributed by atoms with E-state index in [1.807, 2.05) is 31.3 Å². The maximum atomic E-state index is 10.7. The third kappa shape index (κ3) is 6.46. The molecule has 1 aromatic carbocycles. The van der Waals surface area contributed by atoms with E-state index in [-0.39, 0.29) is 19.1 Å². The molecule has 0 heterocycles. The summed E-state index contributed by atoms with van der Waals surface area (Å²) in [5.41, 5.74) is 5.91. The molecule has 0 atom stereocenters. The lowest BCUT2D eigenvalue weighted by molar-refractivity contribution is -0.118. The van der Waals surface area contributed by atoms with Crippen molar-refractivity contribution in [1.82, 2.24) is 4.90 Å². The molecule has 1 rings (SSSR count). The Labute approximate surface area is 113 Å². The smallest absolute Gasteiger partial charge is 0.231 e. The van der Waals surface area contributed by atoms with Crippen molar-refractivity contribution in [3.8, 4) is 17.6 Å². The monoisotopic (exact) mass is 262 g/mol. The highest BCUT2D eigenvalue weighted by atomic mass is 16.5. The zero-order chi connectivity index (χ0) is 14.1. The van der Waals surface area contributed by atoms with Gasteiger partial charge in [0.15, 0.2) is 0 Å². The van der Waals surface area contributed by atoms with Crippen molar-refractivity contribution in [3.05, 3.63) is 29.8 Å². The molecular formula is C14H18N2O3. The molecule has 0 saturated heterocycles. The van der Waals surface area contributed by atoms with E-state index in [9.17, 15) is 4.79 Å². The number of rotatable bonds is 6. The van der Waals surface area contributed by atoms with Crippen molar-refractivity contribution >= 4 is 5.91 Å². The Morgan fingerprint density at radius 3 is 2.68 bits per heavy atom. The van der Waals surface area contributed by atoms with Gasteiger partial charge in [-0.2, -0.15) is 0 Å². The molecule has 0 unspecified atom stereocenters. The van der Waals surface area contributed by atoms with Crippen LogP contribution in [-0.2, 0) is 4.79 Å². The van der Waals surface area contributed by atoms with Crippen molar-refractivity contribution in [2.45, 2.75) is 0 Å². The third-order valence-corrected chi connectivity index (χ3v) is 2.33. The third-order valence-electron chi connectivity index (χ3n) is 2.33. The number of primary amides is 1. The zero-order valence-corrected chi connectivity index (χ0v) is 10.9. The lowest BCUT2D eigenvalue weighted by Gasteiger charge is -2.14. The highest BCUT2D eigenvalue weighted by molar-refractivity contribution is 5.75. The first-order chi connectivity index (χ1) is 9.11. The zero-order valence-electron chi connectivity index (χ0n) is 10.9. The van der Waals surface area contributed by atoms with Crippen LogP contribution in [0.1, 0.15) is 5.56 Å². The molecule has 0 aliphatic rings. The Morgan fingerprint density at radius 1 is 1.42 bits per heavy atom. The molecular weight excluding hydrogens is 244 g/mol. The number of amides is 1. The normalized spacial score (nSPS) is 9.84. The number of hydrogen-bond acceptors (Lipinski definition) is 4. The maximum absolute atomic E-state index is 10.7. The van der Waals surface area contributed by atoms with Crippen molar-refractivity contribution in [2.24, 2.45) is 5.73 Å². The molecule has 0 radical (unpaired) electrons. The van der Waals surface area contributed by atoms with Crippen molar-refractivity contribution in [1.29, 1.82) is 0 Å². The van der Waals surface area contributed by atoms with Gasteiger partial charge in [0, 0.05) is 12.1 Å². The van der Waals surface area contributed by atoms with E-state index < -0.39 is 0 Å². The van der Waals surface area contributed by atoms with Crippen LogP contribution >= 0.6 is 0 Å². The van der Waals surface area contributed by atoms with Crippen LogP contribution < -0.4 is 10.5 Å². The van der Waals surface area contributed by atoms with Gasteiger partial charge < -0.3 is 15.6 Å². The van der Waals surface area contributed by atoms with Crippen molar-refractivity contribution in [2.75, 3.05) is 33.4 Å². The van der Waals surface area contributed by atoms with Crippen molar-refractivity contribution < 1.29 is 14.6 Å². The number of hydrogen-bond donors (Lipinski definition) is 2. The van der Waals surface area contributed by atoms with Gasteiger partial charge in [0.25, 0.3) is 0 Å². The molecule has 0 spiro atoms. The molecule has 3 N–H and O–H groups in total. The molecule has 0 bridgehead atoms. The van der Waals surface area contributed by atoms with E-state index in [1.54, 1.807) is 4.90 Å². The number of aliphatic hydroxyl groups is 1. The number of nitrogens with zero attached hydrogens (tertiary/aromatic N) is 1. The Bertz CT molecular complexity index is 460. The van der Waals surface area contributed by atoms with Crippen LogP contribution in [0.2, 0.25) is 0 Å². The molecule has 1 aromatic rings. The molecule has 1 amide bonds. The second-order valence-corrected chi connectivity index (χ2v) is 4.04. The van der Waals surface area contributed by atoms with E-state index in [1.165, 1.54) is 0 Å². The van der Waals surface area contributed by atoms with Gasteiger partial charge in [0.05, 0.1) is 6.54 Å². The Balaban J connectivity index is 2.35. The molecule has 0 saturated carbocycles. The van der Waals surface area contributed by atoms with Gasteiger partial charge in [0.2, 0.25) is 5.91 Å². The summed E-state index contributed by atoms with van der Waals surface area (Å²) in [6.45, 7) is 1.17. The lowest BCUT2D eigenvalue weighted by Crippen LogP contribution is -2.33. The van der Waals surface area contributed by atoms with Crippen LogP contribution in [0.15, 0.2) is 24.3 Å². The minimum absolute atomic E-state index is 0.148. The van der Waals surface area contributed by atoms with Crippen molar-refractivity contribution in [3.63, 3.8) is 0 Å². The second-order valence-electron chi connectivity index (χ2n) is 4.04. The molecule has 5 nitrogen and oxygen atoms in total. The van der Waals surface area contributed by atoms with E-state index in [0.717, 1.165) is 11.3 Å². The average molecular weight is 262 g/mol. The van der Waals surface area contributed by atoms with Crippen LogP contribution in [0.25, 0.3) is 0 Å². The molecule has 5 heteroatoms. The first kappa shape index (κ1) is 15.0. The average Bonchev–Trinajstić information content (AvgIpc) is 2.37. The second kappa shape index (κ2) is 8.14. The van der Waals surface area contributed by atoms with Gasteiger partial charge in [-0.25, -0.2) is 0 Å². The summed E-state index contributed by atoms with van der Waals surface area (Å²) in [4.78, 5) is 12.5. The predicted octanol–water partition coefficient (Wildman–Crippen LogP) is -0.174. The first-order valence-corrected chi connectivity index (χ1v) is 5.91. The standard InChI is InChI=1S/C14H18N2O3/c1-16(11-14(15)18)8-10-19-13-6-4-12(5-7-13)3-2-9-17/h4-7,17H,8-11H2,1H3,(H2,15,18). The number of carbonyl (C=O) groups excluding carboxylic acids is 1. The molecule has 0 fully saturated rings. The summed E-state index contributed by atoms with van der Waals surface area (Å²) in [6, 6.07) is 7.28. The molecule has 0 aromatic heterocycles. The Morgan fingerprint density at radius 2 is 2.11 bits per heavy atom. The predicted molar refractivity (Wildman–Crippen MR) is 72.6 cm³/mol. The summed E-state index contributed by atoms with van der Waals surface area (Å²) in [5.74, 6) is 5.76. The summed E-state index contributed by atoms with van der Waals surface area (Å²) in [5, 5.41) is 8.58. The van der Waals surface area contributed by atoms with Gasteiger partial charge in [-0.15, -0.1) is 0 Å². The SMILES string of the molecule is CN(CCOc1ccc(C#CCO)cc1)CC(N)=O. The first-order valence-electron chi connectivity index (χ1n) is 5.91. The highest BCUT2D eigenvalue weighted by Crippen LogP contribution is 2.11. The topological polar surface area (TPSA) is 75.8 Å². The Hall–Kier alpha value is -2.03. The number of nitrogens with two attached hydrogens (primary N) is 1. The fourth-order valence-corrected chi connectivity index (χ4v) is 1.44. The summed E-state index contributed by atoms with van der Waals surface area (Å²) in [6.07, 6.45) is 0. The van der Waals surface area contributed by atoms with Gasteiger partial charge >= 0.3 is 0 Å². The van der Waals surface area contributed by atoms with Crippen LogP contribution in [0.4, 0.5) is 0 Å². The number of likely N-dealkylation sites (N-methyl/N-ethyl adjacent to an activating group) is 1. The molecule has 0 aliphatic heterocycles. The minimum Gasteiger partial charge on any atom is -0.492 e. The van der Waals surface area contributed by atoms with Crippen LogP contribution in [0, 0.1) is 11.8 Å². The van der Waals surface area contributed by atoms with E-state index >= 15 is 0 Å². The number of ether oxygens (including phenoxy) is 1. The van der Waals surface area contributed by atoms with Gasteiger partial charge in [-0.1, -0.05) is 11.8 Å². The van der Waals surface area contributed by atoms with Gasteiger partial charge in [-0.3, -0.25) is 9.69 Å². The van der Waals surface area contributed by atoms with E-state index in [0.29, 0.717) is 13.2 Å². The number of aliphatic hydroxyl groups excluding tert-OH is 1. The summed E-state index contributed by atoms with van der Waals surface area (Å²) < 4.78 is 5.53. The fraction of sp³-hybridized carbons (Fsp3) is 0.357. The number of benzene rings is 1. The highest BCUT2D eigenvalue weighted by Gasteiger charge is 2.02. The van der Waals surface area contributed by atoms with Gasteiger partial charge in [0.1, 0.15) is 19.0 Å². The van der Waals surface area contributed by atoms with E-state index in [4.69, 9.17) is 15.6 Å². The lowest BCUT2D eigenvalue weighted by atomic mass is 10.2.